The van der Waals surface area contributed by atoms with Gasteiger partial charge in [0.15, 0.2) is 11.9 Å². The van der Waals surface area contributed by atoms with Crippen molar-refractivity contribution >= 4 is 29.7 Å². The molecule has 0 saturated carbocycles. The summed E-state index contributed by atoms with van der Waals surface area (Å²) in [6.07, 6.45) is 1.87. The minimum absolute atomic E-state index is 0.0497. The quantitative estimate of drug-likeness (QED) is 0.139. The van der Waals surface area contributed by atoms with E-state index in [0.717, 1.165) is 5.56 Å². The van der Waals surface area contributed by atoms with Crippen LogP contribution in [0.1, 0.15) is 51.8 Å². The Morgan fingerprint density at radius 3 is 2.08 bits per heavy atom. The van der Waals surface area contributed by atoms with Gasteiger partial charge in [0.25, 0.3) is 5.91 Å². The Kier molecular flexibility index (Phi) is 11.8. The summed E-state index contributed by atoms with van der Waals surface area (Å²) >= 11 is 0. The highest BCUT2D eigenvalue weighted by atomic mass is 16.6. The molecule has 3 aromatic carbocycles. The number of anilines is 1. The molecule has 3 amide bonds. The van der Waals surface area contributed by atoms with Gasteiger partial charge in [0.1, 0.15) is 28.7 Å². The number of carboxylic acid groups (broad SMARTS) is 1. The highest BCUT2D eigenvalue weighted by molar-refractivity contribution is 5.98. The van der Waals surface area contributed by atoms with Gasteiger partial charge >= 0.3 is 12.1 Å². The number of carbonyl (C=O) groups excluding carboxylic acids is 3. The van der Waals surface area contributed by atoms with Crippen LogP contribution >= 0.6 is 0 Å². The van der Waals surface area contributed by atoms with Crippen molar-refractivity contribution in [3.05, 3.63) is 109 Å². The molecule has 258 valence electrons. The van der Waals surface area contributed by atoms with E-state index in [4.69, 9.17) is 14.2 Å². The molecule has 1 aromatic heterocycles. The molecule has 13 nitrogen and oxygen atoms in total. The highest BCUT2D eigenvalue weighted by Crippen LogP contribution is 2.26. The minimum Gasteiger partial charge on any atom is -0.479 e. The Hall–Kier alpha value is -5.69. The van der Waals surface area contributed by atoms with Gasteiger partial charge in [0.05, 0.1) is 19.5 Å². The molecule has 13 heteroatoms. The Balaban J connectivity index is 1.46. The van der Waals surface area contributed by atoms with Crippen molar-refractivity contribution in [3.8, 4) is 11.5 Å². The lowest BCUT2D eigenvalue weighted by Crippen LogP contribution is -2.59. The van der Waals surface area contributed by atoms with Gasteiger partial charge in [-0.1, -0.05) is 60.7 Å². The predicted molar refractivity (Wildman–Crippen MR) is 181 cm³/mol. The van der Waals surface area contributed by atoms with Crippen molar-refractivity contribution < 1.29 is 38.5 Å². The summed E-state index contributed by atoms with van der Waals surface area (Å²) < 4.78 is 18.2. The first-order valence-electron chi connectivity index (χ1n) is 15.5. The number of aliphatic carboxylic acids is 1. The fraction of sp³-hybridized carbons (Fsp3) is 0.306. The molecule has 0 radical (unpaired) electrons. The number of hydrogen-bond acceptors (Lipinski definition) is 8. The van der Waals surface area contributed by atoms with E-state index < -0.39 is 47.1 Å². The summed E-state index contributed by atoms with van der Waals surface area (Å²) in [5.41, 5.74) is -0.938. The standard InChI is InChI=1S/C36H41N5O8/c1-35(2,3)49-34(46)40-36(4,5)33(45)38-28(22-47-21-24-12-8-6-9-13-24)31(42)39-29-20-41(23-37-29)30(32(43)44)25-16-18-27(19-17-25)48-26-14-10-7-11-15-26/h6-20,23,28,30H,21-22H2,1-5H3,(H,38,45)(H,39,42)(H,40,46)(H,43,44). The van der Waals surface area contributed by atoms with Gasteiger partial charge in [0, 0.05) is 6.20 Å². The number of ether oxygens (including phenoxy) is 3. The first-order chi connectivity index (χ1) is 23.2. The monoisotopic (exact) mass is 671 g/mol. The fourth-order valence-corrected chi connectivity index (χ4v) is 4.55. The summed E-state index contributed by atoms with van der Waals surface area (Å²) in [6.45, 7) is 7.99. The number of alkyl carbamates (subject to hydrolysis) is 1. The van der Waals surface area contributed by atoms with Gasteiger partial charge in [-0.2, -0.15) is 0 Å². The summed E-state index contributed by atoms with van der Waals surface area (Å²) in [6, 6.07) is 22.7. The largest absolute Gasteiger partial charge is 0.479 e. The zero-order valence-electron chi connectivity index (χ0n) is 28.0. The van der Waals surface area contributed by atoms with Gasteiger partial charge in [0.2, 0.25) is 5.91 Å². The number of amides is 3. The molecule has 0 spiro atoms. The van der Waals surface area contributed by atoms with E-state index in [0.29, 0.717) is 17.1 Å². The van der Waals surface area contributed by atoms with Crippen LogP contribution in [0.15, 0.2) is 97.5 Å². The number of carbonyl (C=O) groups is 4. The van der Waals surface area contributed by atoms with Crippen LogP contribution in [0.5, 0.6) is 11.5 Å². The van der Waals surface area contributed by atoms with E-state index in [1.54, 1.807) is 45.0 Å². The molecular weight excluding hydrogens is 630 g/mol. The predicted octanol–water partition coefficient (Wildman–Crippen LogP) is 5.29. The van der Waals surface area contributed by atoms with E-state index in [1.807, 2.05) is 60.7 Å². The third-order valence-electron chi connectivity index (χ3n) is 6.96. The number of nitrogens with zero attached hydrogens (tertiary/aromatic N) is 2. The van der Waals surface area contributed by atoms with Crippen LogP contribution in [0.25, 0.3) is 0 Å². The van der Waals surface area contributed by atoms with Crippen LogP contribution in [0.2, 0.25) is 0 Å². The van der Waals surface area contributed by atoms with Gasteiger partial charge in [-0.3, -0.25) is 9.59 Å². The second-order valence-corrected chi connectivity index (χ2v) is 12.7. The average molecular weight is 672 g/mol. The molecule has 49 heavy (non-hydrogen) atoms. The topological polar surface area (TPSA) is 170 Å². The highest BCUT2D eigenvalue weighted by Gasteiger charge is 2.35. The Morgan fingerprint density at radius 2 is 1.47 bits per heavy atom. The number of aromatic nitrogens is 2. The van der Waals surface area contributed by atoms with E-state index in [-0.39, 0.29) is 19.0 Å². The van der Waals surface area contributed by atoms with Crippen LogP contribution in [0.4, 0.5) is 10.6 Å². The van der Waals surface area contributed by atoms with Crippen LogP contribution in [0.3, 0.4) is 0 Å². The first kappa shape index (κ1) is 36.2. The van der Waals surface area contributed by atoms with Gasteiger partial charge in [-0.05, 0) is 70.0 Å². The van der Waals surface area contributed by atoms with Crippen LogP contribution in [0, 0.1) is 0 Å². The van der Waals surface area contributed by atoms with Crippen LogP contribution in [-0.4, -0.2) is 62.3 Å². The minimum atomic E-state index is -1.46. The normalized spacial score (nSPS) is 12.7. The number of imidazole rings is 1. The molecule has 1 heterocycles. The van der Waals surface area contributed by atoms with Crippen LogP contribution < -0.4 is 20.7 Å². The summed E-state index contributed by atoms with van der Waals surface area (Å²) in [5.74, 6) is -1.26. The number of carboxylic acids is 1. The molecule has 0 aliphatic rings. The smallest absolute Gasteiger partial charge is 0.408 e. The first-order valence-corrected chi connectivity index (χ1v) is 15.5. The molecule has 0 fully saturated rings. The number of rotatable bonds is 14. The van der Waals surface area contributed by atoms with E-state index in [2.05, 4.69) is 20.9 Å². The molecule has 0 saturated heterocycles. The van der Waals surface area contributed by atoms with E-state index in [9.17, 15) is 24.3 Å². The molecule has 0 aliphatic heterocycles. The van der Waals surface area contributed by atoms with Crippen LogP contribution in [-0.2, 0) is 30.5 Å². The van der Waals surface area contributed by atoms with E-state index >= 15 is 0 Å². The molecule has 0 aliphatic carbocycles. The van der Waals surface area contributed by atoms with Crippen molar-refractivity contribution in [2.45, 2.75) is 64.4 Å². The number of para-hydroxylation sites is 1. The zero-order valence-corrected chi connectivity index (χ0v) is 28.0. The third kappa shape index (κ3) is 10.9. The van der Waals surface area contributed by atoms with Crippen molar-refractivity contribution in [3.63, 3.8) is 0 Å². The summed E-state index contributed by atoms with van der Waals surface area (Å²) in [7, 11) is 0. The maximum absolute atomic E-state index is 13.5. The van der Waals surface area contributed by atoms with Gasteiger partial charge in [-0.25, -0.2) is 14.6 Å². The van der Waals surface area contributed by atoms with Crippen molar-refractivity contribution in [1.82, 2.24) is 20.2 Å². The van der Waals surface area contributed by atoms with Crippen molar-refractivity contribution in [2.24, 2.45) is 0 Å². The lowest BCUT2D eigenvalue weighted by atomic mass is 10.0. The number of hydrogen-bond donors (Lipinski definition) is 4. The SMILES string of the molecule is CC(C)(C)OC(=O)NC(C)(C)C(=O)NC(COCc1ccccc1)C(=O)Nc1cn(C(C(=O)O)c2ccc(Oc3ccccc3)cc2)cn1. The third-order valence-corrected chi connectivity index (χ3v) is 6.96. The molecule has 4 aromatic rings. The number of benzene rings is 3. The molecule has 2 atom stereocenters. The molecular formula is C36H41N5O8. The Morgan fingerprint density at radius 1 is 0.857 bits per heavy atom. The zero-order chi connectivity index (χ0) is 35.6. The second kappa shape index (κ2) is 15.9. The lowest BCUT2D eigenvalue weighted by molar-refractivity contribution is -0.139. The maximum Gasteiger partial charge on any atom is 0.408 e. The Labute approximate surface area is 284 Å². The van der Waals surface area contributed by atoms with Gasteiger partial charge < -0.3 is 39.8 Å². The number of nitrogens with one attached hydrogen (secondary N) is 3. The van der Waals surface area contributed by atoms with Gasteiger partial charge in [-0.15, -0.1) is 0 Å². The van der Waals surface area contributed by atoms with Crippen molar-refractivity contribution in [2.75, 3.05) is 11.9 Å². The van der Waals surface area contributed by atoms with Crippen molar-refractivity contribution in [1.29, 1.82) is 0 Å². The molecule has 4 rings (SSSR count). The molecule has 4 N–H and O–H groups in total. The Bertz CT molecular complexity index is 1720. The van der Waals surface area contributed by atoms with E-state index in [1.165, 1.54) is 30.9 Å². The molecule has 2 unspecified atom stereocenters. The summed E-state index contributed by atoms with van der Waals surface area (Å²) in [5, 5.41) is 17.9. The maximum atomic E-state index is 13.5. The summed E-state index contributed by atoms with van der Waals surface area (Å²) in [4.78, 5) is 55.7. The fourth-order valence-electron chi connectivity index (χ4n) is 4.55. The molecule has 0 bridgehead atoms. The average Bonchev–Trinajstić information content (AvgIpc) is 3.48. The second-order valence-electron chi connectivity index (χ2n) is 12.7. The lowest BCUT2D eigenvalue weighted by Gasteiger charge is -2.29.